The van der Waals surface area contributed by atoms with Crippen LogP contribution in [0.2, 0.25) is 5.02 Å². The fraction of sp³-hybridized carbons (Fsp3) is 0.500. The van der Waals surface area contributed by atoms with E-state index in [1.165, 1.54) is 0 Å². The van der Waals surface area contributed by atoms with E-state index in [-0.39, 0.29) is 0 Å². The summed E-state index contributed by atoms with van der Waals surface area (Å²) in [5, 5.41) is 1.81. The lowest BCUT2D eigenvalue weighted by molar-refractivity contribution is -0.110. The molecule has 1 amide bonds. The number of rotatable bonds is 4. The molecule has 1 fully saturated rings. The summed E-state index contributed by atoms with van der Waals surface area (Å²) >= 11 is 5.96. The Kier molecular flexibility index (Phi) is 4.71. The zero-order valence-corrected chi connectivity index (χ0v) is 15.4. The Labute approximate surface area is 146 Å². The van der Waals surface area contributed by atoms with Crippen LogP contribution >= 0.6 is 11.6 Å². The van der Waals surface area contributed by atoms with Crippen molar-refractivity contribution in [1.82, 2.24) is 5.32 Å². The fourth-order valence-corrected chi connectivity index (χ4v) is 4.89. The highest BCUT2D eigenvalue weighted by molar-refractivity contribution is 7.91. The summed E-state index contributed by atoms with van der Waals surface area (Å²) in [6, 6.07) is 6.58. The number of hydrogen-bond donors (Lipinski definition) is 1. The van der Waals surface area contributed by atoms with Crippen molar-refractivity contribution in [2.24, 2.45) is 0 Å². The maximum Gasteiger partial charge on any atom is 0.408 e. The van der Waals surface area contributed by atoms with Gasteiger partial charge in [0.2, 0.25) is 0 Å². The predicted octanol–water partition coefficient (Wildman–Crippen LogP) is 2.31. The molecule has 132 valence electrons. The molecular weight excluding hydrogens is 354 g/mol. The first kappa shape index (κ1) is 18.7. The van der Waals surface area contributed by atoms with Crippen LogP contribution in [-0.2, 0) is 19.4 Å². The van der Waals surface area contributed by atoms with Crippen molar-refractivity contribution in [3.05, 3.63) is 34.9 Å². The largest absolute Gasteiger partial charge is 0.444 e. The Morgan fingerprint density at radius 2 is 2.00 bits per heavy atom. The van der Waals surface area contributed by atoms with Gasteiger partial charge in [0.15, 0.2) is 9.84 Å². The molecule has 1 N–H and O–H groups in total. The molecule has 3 atom stereocenters. The first-order chi connectivity index (χ1) is 10.9. The van der Waals surface area contributed by atoms with Crippen LogP contribution in [0.15, 0.2) is 24.3 Å². The highest BCUT2D eigenvalue weighted by atomic mass is 35.5. The normalized spacial score (nSPS) is 26.5. The maximum atomic E-state index is 12.1. The molecule has 1 saturated carbocycles. The summed E-state index contributed by atoms with van der Waals surface area (Å²) in [6.07, 6.45) is 0.665. The molecule has 1 aliphatic rings. The standard InChI is InChI=1S/C16H20ClNO5S/c1-15(2,3)23-14(20)18-16(9-19)12(13(16)24(4,21)22)10-6-5-7-11(17)8-10/h5-9,12-13H,1-4H3,(H,18,20)/t12-,13+,16+/m0/s1. The molecule has 6 nitrogen and oxygen atoms in total. The van der Waals surface area contributed by atoms with Crippen molar-refractivity contribution in [2.75, 3.05) is 6.26 Å². The molecule has 0 heterocycles. The van der Waals surface area contributed by atoms with Gasteiger partial charge >= 0.3 is 6.09 Å². The van der Waals surface area contributed by atoms with Gasteiger partial charge in [-0.2, -0.15) is 0 Å². The molecular formula is C16H20ClNO5S. The Bertz CT molecular complexity index is 771. The van der Waals surface area contributed by atoms with Gasteiger partial charge in [-0.1, -0.05) is 23.7 Å². The van der Waals surface area contributed by atoms with E-state index < -0.39 is 38.2 Å². The van der Waals surface area contributed by atoms with Crippen LogP contribution in [0.4, 0.5) is 4.79 Å². The van der Waals surface area contributed by atoms with Gasteiger partial charge in [-0.25, -0.2) is 13.2 Å². The van der Waals surface area contributed by atoms with Crippen LogP contribution < -0.4 is 5.32 Å². The number of carbonyl (C=O) groups excluding carboxylic acids is 2. The molecule has 0 saturated heterocycles. The first-order valence-corrected chi connectivity index (χ1v) is 9.66. The second-order valence-electron chi connectivity index (χ2n) is 6.96. The monoisotopic (exact) mass is 373 g/mol. The molecule has 0 radical (unpaired) electrons. The van der Waals surface area contributed by atoms with Gasteiger partial charge in [0.05, 0.1) is 0 Å². The molecule has 0 unspecified atom stereocenters. The van der Waals surface area contributed by atoms with Crippen LogP contribution in [-0.4, -0.2) is 43.4 Å². The van der Waals surface area contributed by atoms with Crippen LogP contribution in [0.25, 0.3) is 0 Å². The highest BCUT2D eigenvalue weighted by Crippen LogP contribution is 2.54. The van der Waals surface area contributed by atoms with E-state index in [0.29, 0.717) is 16.9 Å². The topological polar surface area (TPSA) is 89.5 Å². The van der Waals surface area contributed by atoms with Crippen molar-refractivity contribution in [1.29, 1.82) is 0 Å². The fourth-order valence-electron chi connectivity index (χ4n) is 2.93. The average Bonchev–Trinajstić information content (AvgIpc) is 3.05. The van der Waals surface area contributed by atoms with Gasteiger partial charge in [0.1, 0.15) is 22.7 Å². The van der Waals surface area contributed by atoms with E-state index in [0.717, 1.165) is 6.26 Å². The number of ether oxygens (including phenoxy) is 1. The molecule has 8 heteroatoms. The van der Waals surface area contributed by atoms with Crippen LogP contribution in [0.5, 0.6) is 0 Å². The molecule has 2 rings (SSSR count). The number of alkyl carbamates (subject to hydrolysis) is 1. The van der Waals surface area contributed by atoms with Gasteiger partial charge in [-0.3, -0.25) is 0 Å². The van der Waals surface area contributed by atoms with Crippen LogP contribution in [0.3, 0.4) is 0 Å². The minimum Gasteiger partial charge on any atom is -0.444 e. The Hall–Kier alpha value is -1.60. The number of sulfone groups is 1. The minimum absolute atomic E-state index is 0.420. The van der Waals surface area contributed by atoms with E-state index in [4.69, 9.17) is 16.3 Å². The SMILES string of the molecule is CC(C)(C)OC(=O)N[C@@]1(C=O)[C@H](S(C)(=O)=O)[C@@H]1c1cccc(Cl)c1. The number of carbonyl (C=O) groups is 2. The second-order valence-corrected chi connectivity index (χ2v) is 9.56. The first-order valence-electron chi connectivity index (χ1n) is 7.32. The zero-order chi connectivity index (χ0) is 18.3. The number of nitrogens with one attached hydrogen (secondary N) is 1. The quantitative estimate of drug-likeness (QED) is 0.818. The van der Waals surface area contributed by atoms with E-state index in [1.807, 2.05) is 0 Å². The molecule has 1 aromatic carbocycles. The van der Waals surface area contributed by atoms with Crippen LogP contribution in [0, 0.1) is 0 Å². The summed E-state index contributed by atoms with van der Waals surface area (Å²) in [6.45, 7) is 5.03. The van der Waals surface area contributed by atoms with Gasteiger partial charge in [-0.15, -0.1) is 0 Å². The number of benzene rings is 1. The average molecular weight is 374 g/mol. The molecule has 24 heavy (non-hydrogen) atoms. The number of aldehydes is 1. The van der Waals surface area contributed by atoms with Crippen molar-refractivity contribution >= 4 is 33.8 Å². The third-order valence-electron chi connectivity index (χ3n) is 3.76. The highest BCUT2D eigenvalue weighted by Gasteiger charge is 2.71. The molecule has 0 spiro atoms. The third kappa shape index (κ3) is 3.72. The summed E-state index contributed by atoms with van der Waals surface area (Å²) < 4.78 is 29.4. The van der Waals surface area contributed by atoms with Crippen LogP contribution in [0.1, 0.15) is 32.3 Å². The number of amides is 1. The van der Waals surface area contributed by atoms with Gasteiger partial charge < -0.3 is 14.8 Å². The molecule has 0 aliphatic heterocycles. The molecule has 1 aliphatic carbocycles. The second kappa shape index (κ2) is 6.04. The Morgan fingerprint density at radius 3 is 2.46 bits per heavy atom. The third-order valence-corrected chi connectivity index (χ3v) is 5.58. The van der Waals surface area contributed by atoms with Crippen molar-refractivity contribution < 1.29 is 22.7 Å². The van der Waals surface area contributed by atoms with E-state index in [2.05, 4.69) is 5.32 Å². The molecule has 0 aromatic heterocycles. The van der Waals surface area contributed by atoms with Crippen molar-refractivity contribution in [3.8, 4) is 0 Å². The maximum absolute atomic E-state index is 12.1. The smallest absolute Gasteiger partial charge is 0.408 e. The molecule has 0 bridgehead atoms. The summed E-state index contributed by atoms with van der Waals surface area (Å²) in [7, 11) is -3.59. The summed E-state index contributed by atoms with van der Waals surface area (Å²) in [5.74, 6) is -0.712. The molecule has 1 aromatic rings. The minimum atomic E-state index is -3.59. The Morgan fingerprint density at radius 1 is 1.38 bits per heavy atom. The summed E-state index contributed by atoms with van der Waals surface area (Å²) in [4.78, 5) is 23.8. The lowest BCUT2D eigenvalue weighted by Gasteiger charge is -2.22. The van der Waals surface area contributed by atoms with E-state index >= 15 is 0 Å². The van der Waals surface area contributed by atoms with Gasteiger partial charge in [0.25, 0.3) is 0 Å². The lowest BCUT2D eigenvalue weighted by Crippen LogP contribution is -2.45. The van der Waals surface area contributed by atoms with E-state index in [9.17, 15) is 18.0 Å². The summed E-state index contributed by atoms with van der Waals surface area (Å²) in [5.41, 5.74) is -1.75. The van der Waals surface area contributed by atoms with Gasteiger partial charge in [0, 0.05) is 17.2 Å². The number of halogens is 1. The lowest BCUT2D eigenvalue weighted by atomic mass is 10.1. The zero-order valence-electron chi connectivity index (χ0n) is 13.9. The Balaban J connectivity index is 2.38. The predicted molar refractivity (Wildman–Crippen MR) is 91.0 cm³/mol. The number of hydrogen-bond acceptors (Lipinski definition) is 5. The van der Waals surface area contributed by atoms with Crippen molar-refractivity contribution in [2.45, 2.75) is 43.1 Å². The van der Waals surface area contributed by atoms with Crippen molar-refractivity contribution in [3.63, 3.8) is 0 Å². The van der Waals surface area contributed by atoms with E-state index in [1.54, 1.807) is 45.0 Å². The van der Waals surface area contributed by atoms with Gasteiger partial charge in [-0.05, 0) is 38.5 Å².